The number of hydrogen-bond donors (Lipinski definition) is 2. The van der Waals surface area contributed by atoms with Gasteiger partial charge in [0.05, 0.1) is 4.90 Å². The van der Waals surface area contributed by atoms with Crippen molar-refractivity contribution in [3.8, 4) is 0 Å². The van der Waals surface area contributed by atoms with Crippen molar-refractivity contribution in [1.82, 2.24) is 4.72 Å². The van der Waals surface area contributed by atoms with E-state index >= 15 is 0 Å². The van der Waals surface area contributed by atoms with E-state index in [9.17, 15) is 8.42 Å². The van der Waals surface area contributed by atoms with Crippen LogP contribution in [0, 0.1) is 0 Å². The summed E-state index contributed by atoms with van der Waals surface area (Å²) in [5.74, 6) is 0. The van der Waals surface area contributed by atoms with Gasteiger partial charge in [-0.05, 0) is 62.2 Å². The molecule has 0 aliphatic heterocycles. The summed E-state index contributed by atoms with van der Waals surface area (Å²) in [7, 11) is -1.94. The summed E-state index contributed by atoms with van der Waals surface area (Å²) in [5, 5.41) is 3.34. The molecule has 112 valence electrons. The summed E-state index contributed by atoms with van der Waals surface area (Å²) in [6.45, 7) is 0.787. The molecule has 1 aromatic carbocycles. The summed E-state index contributed by atoms with van der Waals surface area (Å²) < 4.78 is 25.6. The summed E-state index contributed by atoms with van der Waals surface area (Å²) in [5.41, 5.74) is 2.44. The van der Waals surface area contributed by atoms with E-state index < -0.39 is 10.0 Å². The molecule has 4 nitrogen and oxygen atoms in total. The fraction of sp³-hybridized carbons (Fsp3) is 0.333. The highest BCUT2D eigenvalue weighted by Gasteiger charge is 2.14. The molecule has 3 rings (SSSR count). The molecule has 0 bridgehead atoms. The highest BCUT2D eigenvalue weighted by molar-refractivity contribution is 7.89. The Morgan fingerprint density at radius 2 is 1.95 bits per heavy atom. The number of hydrogen-bond acceptors (Lipinski definition) is 4. The SMILES string of the molecule is CNS(=O)(=O)c1ccc(NCc2cc3c(s2)CCC3)cc1. The maximum absolute atomic E-state index is 11.6. The van der Waals surface area contributed by atoms with Crippen LogP contribution in [-0.4, -0.2) is 15.5 Å². The monoisotopic (exact) mass is 322 g/mol. The van der Waals surface area contributed by atoms with Crippen LogP contribution < -0.4 is 10.0 Å². The van der Waals surface area contributed by atoms with Gasteiger partial charge in [-0.1, -0.05) is 0 Å². The molecule has 2 N–H and O–H groups in total. The fourth-order valence-corrected chi connectivity index (χ4v) is 4.47. The Balaban J connectivity index is 1.65. The van der Waals surface area contributed by atoms with E-state index in [-0.39, 0.29) is 4.90 Å². The molecule has 21 heavy (non-hydrogen) atoms. The van der Waals surface area contributed by atoms with Crippen LogP contribution in [-0.2, 0) is 29.4 Å². The quantitative estimate of drug-likeness (QED) is 0.890. The van der Waals surface area contributed by atoms with Crippen LogP contribution >= 0.6 is 11.3 Å². The van der Waals surface area contributed by atoms with E-state index in [0.29, 0.717) is 0 Å². The molecule has 0 amide bonds. The standard InChI is InChI=1S/C15H18N2O2S2/c1-16-21(18,19)14-7-5-12(6-8-14)17-10-13-9-11-3-2-4-15(11)20-13/h5-9,16-17H,2-4,10H2,1H3. The minimum absolute atomic E-state index is 0.283. The van der Waals surface area contributed by atoms with Crippen molar-refractivity contribution in [3.05, 3.63) is 45.6 Å². The number of sulfonamides is 1. The lowest BCUT2D eigenvalue weighted by molar-refractivity contribution is 0.588. The second kappa shape index (κ2) is 5.79. The lowest BCUT2D eigenvalue weighted by atomic mass is 10.2. The number of thiophene rings is 1. The molecule has 1 aliphatic carbocycles. The van der Waals surface area contributed by atoms with Gasteiger partial charge in [0.15, 0.2) is 0 Å². The van der Waals surface area contributed by atoms with Gasteiger partial charge in [-0.3, -0.25) is 0 Å². The minimum atomic E-state index is -3.36. The molecule has 0 unspecified atom stereocenters. The summed E-state index contributed by atoms with van der Waals surface area (Å²) in [6.07, 6.45) is 3.72. The van der Waals surface area contributed by atoms with Crippen molar-refractivity contribution in [1.29, 1.82) is 0 Å². The fourth-order valence-electron chi connectivity index (χ4n) is 2.54. The van der Waals surface area contributed by atoms with Gasteiger partial charge in [-0.2, -0.15) is 0 Å². The van der Waals surface area contributed by atoms with Gasteiger partial charge in [0.1, 0.15) is 0 Å². The van der Waals surface area contributed by atoms with E-state index in [1.165, 1.54) is 41.6 Å². The van der Waals surface area contributed by atoms with Gasteiger partial charge >= 0.3 is 0 Å². The molecular weight excluding hydrogens is 304 g/mol. The van der Waals surface area contributed by atoms with E-state index in [2.05, 4.69) is 16.1 Å². The summed E-state index contributed by atoms with van der Waals surface area (Å²) >= 11 is 1.88. The van der Waals surface area contributed by atoms with E-state index in [1.54, 1.807) is 24.3 Å². The van der Waals surface area contributed by atoms with Gasteiger partial charge in [0, 0.05) is 22.0 Å². The number of fused-ring (bicyclic) bond motifs is 1. The zero-order valence-corrected chi connectivity index (χ0v) is 13.5. The van der Waals surface area contributed by atoms with Crippen molar-refractivity contribution < 1.29 is 8.42 Å². The molecule has 0 saturated heterocycles. The number of nitrogens with one attached hydrogen (secondary N) is 2. The van der Waals surface area contributed by atoms with Crippen LogP contribution in [0.4, 0.5) is 5.69 Å². The smallest absolute Gasteiger partial charge is 0.240 e. The second-order valence-electron chi connectivity index (χ2n) is 5.10. The van der Waals surface area contributed by atoms with Gasteiger partial charge in [-0.15, -0.1) is 11.3 Å². The van der Waals surface area contributed by atoms with Crippen molar-refractivity contribution in [2.75, 3.05) is 12.4 Å². The molecule has 0 atom stereocenters. The first-order chi connectivity index (χ1) is 10.1. The predicted molar refractivity (Wildman–Crippen MR) is 86.4 cm³/mol. The maximum atomic E-state index is 11.6. The van der Waals surface area contributed by atoms with Crippen LogP contribution in [0.5, 0.6) is 0 Å². The largest absolute Gasteiger partial charge is 0.380 e. The summed E-state index contributed by atoms with van der Waals surface area (Å²) in [6, 6.07) is 9.11. The third kappa shape index (κ3) is 3.12. The molecule has 0 radical (unpaired) electrons. The summed E-state index contributed by atoms with van der Waals surface area (Å²) in [4.78, 5) is 3.15. The normalized spacial score (nSPS) is 14.1. The number of benzene rings is 1. The Kier molecular flexibility index (Phi) is 4.01. The van der Waals surface area contributed by atoms with E-state index in [1.807, 2.05) is 11.3 Å². The Bertz CT molecular complexity index is 712. The van der Waals surface area contributed by atoms with Crippen molar-refractivity contribution in [2.45, 2.75) is 30.7 Å². The average molecular weight is 322 g/mol. The maximum Gasteiger partial charge on any atom is 0.240 e. The van der Waals surface area contributed by atoms with Crippen LogP contribution in [0.2, 0.25) is 0 Å². The first-order valence-electron chi connectivity index (χ1n) is 6.96. The number of rotatable bonds is 5. The molecule has 2 aromatic rings. The first kappa shape index (κ1) is 14.6. The molecule has 1 heterocycles. The topological polar surface area (TPSA) is 58.2 Å². The molecule has 0 spiro atoms. The van der Waals surface area contributed by atoms with Crippen molar-refractivity contribution >= 4 is 27.0 Å². The van der Waals surface area contributed by atoms with Gasteiger partial charge < -0.3 is 5.32 Å². The molecular formula is C15H18N2O2S2. The molecule has 0 fully saturated rings. The van der Waals surface area contributed by atoms with Crippen LogP contribution in [0.15, 0.2) is 35.2 Å². The minimum Gasteiger partial charge on any atom is -0.380 e. The molecule has 0 saturated carbocycles. The Morgan fingerprint density at radius 1 is 1.19 bits per heavy atom. The highest BCUT2D eigenvalue weighted by Crippen LogP contribution is 2.31. The average Bonchev–Trinajstić information content (AvgIpc) is 3.06. The van der Waals surface area contributed by atoms with E-state index in [4.69, 9.17) is 0 Å². The van der Waals surface area contributed by atoms with Crippen molar-refractivity contribution in [2.24, 2.45) is 0 Å². The van der Waals surface area contributed by atoms with E-state index in [0.717, 1.165) is 12.2 Å². The lowest BCUT2D eigenvalue weighted by Crippen LogP contribution is -2.18. The first-order valence-corrected chi connectivity index (χ1v) is 9.26. The Morgan fingerprint density at radius 3 is 2.62 bits per heavy atom. The molecule has 1 aliphatic rings. The van der Waals surface area contributed by atoms with Crippen molar-refractivity contribution in [3.63, 3.8) is 0 Å². The van der Waals surface area contributed by atoms with Gasteiger partial charge in [0.2, 0.25) is 10.0 Å². The van der Waals surface area contributed by atoms with Gasteiger partial charge in [0.25, 0.3) is 0 Å². The zero-order valence-electron chi connectivity index (χ0n) is 11.8. The third-order valence-electron chi connectivity index (χ3n) is 3.70. The molecule has 6 heteroatoms. The highest BCUT2D eigenvalue weighted by atomic mass is 32.2. The molecule has 1 aromatic heterocycles. The van der Waals surface area contributed by atoms with Crippen LogP contribution in [0.1, 0.15) is 21.7 Å². The van der Waals surface area contributed by atoms with Crippen LogP contribution in [0.3, 0.4) is 0 Å². The second-order valence-corrected chi connectivity index (χ2v) is 8.21. The number of aryl methyl sites for hydroxylation is 2. The van der Waals surface area contributed by atoms with Crippen LogP contribution in [0.25, 0.3) is 0 Å². The zero-order chi connectivity index (χ0) is 14.9. The predicted octanol–water partition coefficient (Wildman–Crippen LogP) is 2.76. The Labute approximate surface area is 129 Å². The van der Waals surface area contributed by atoms with Gasteiger partial charge in [-0.25, -0.2) is 13.1 Å². The lowest BCUT2D eigenvalue weighted by Gasteiger charge is -2.07. The number of anilines is 1. The Hall–Kier alpha value is -1.37. The third-order valence-corrected chi connectivity index (χ3v) is 6.37.